The molecule has 9 nitrogen and oxygen atoms in total. The van der Waals surface area contributed by atoms with Crippen molar-refractivity contribution in [2.24, 2.45) is 0 Å². The lowest BCUT2D eigenvalue weighted by Gasteiger charge is -2.56. The maximum atomic E-state index is 5.19. The van der Waals surface area contributed by atoms with Crippen LogP contribution in [0.15, 0.2) is 55.1 Å². The number of nitrogens with zero attached hydrogens (tertiary/aromatic N) is 7. The molecule has 188 valence electrons. The van der Waals surface area contributed by atoms with Gasteiger partial charge in [0.05, 0.1) is 24.2 Å². The van der Waals surface area contributed by atoms with Crippen LogP contribution in [-0.4, -0.2) is 80.3 Å². The van der Waals surface area contributed by atoms with Crippen LogP contribution in [0, 0.1) is 0 Å². The summed E-state index contributed by atoms with van der Waals surface area (Å²) in [7, 11) is 1.39. The first kappa shape index (κ1) is 22.6. The van der Waals surface area contributed by atoms with Crippen molar-refractivity contribution in [3.63, 3.8) is 0 Å². The summed E-state index contributed by atoms with van der Waals surface area (Å²) in [6.07, 6.45) is 9.20. The fourth-order valence-corrected chi connectivity index (χ4v) is 6.44. The van der Waals surface area contributed by atoms with E-state index < -0.39 is 0 Å². The number of rotatable bonds is 6. The molecule has 3 fully saturated rings. The molecule has 37 heavy (non-hydrogen) atoms. The van der Waals surface area contributed by atoms with E-state index in [4.69, 9.17) is 14.8 Å². The minimum atomic E-state index is -0.263. The lowest BCUT2D eigenvalue weighted by Crippen LogP contribution is -2.68. The number of piperidine rings is 1. The van der Waals surface area contributed by atoms with Crippen molar-refractivity contribution in [3.8, 4) is 17.0 Å². The van der Waals surface area contributed by atoms with E-state index in [1.807, 2.05) is 29.2 Å². The monoisotopic (exact) mass is 512 g/mol. The number of hydrogen-bond donors (Lipinski definition) is 1. The molecule has 8 heterocycles. The Bertz CT molecular complexity index is 1560. The molecule has 0 aromatic carbocycles. The molecule has 0 amide bonds. The third kappa shape index (κ3) is 3.85. The van der Waals surface area contributed by atoms with Crippen LogP contribution >= 0.6 is 7.92 Å². The minimum Gasteiger partial charge on any atom is -0.481 e. The maximum absolute atomic E-state index is 5.19. The largest absolute Gasteiger partial charge is 0.481 e. The standard InChI is InChI=1S/C27H29N8OP/c1-36-25-7-4-17(10-29-25)13-34-19-8-20(34)15-33(14-19)24-6-5-18(11-28-24)22-9-21(37(2)3)16-35-26(22)23-12-30-31-27(23)32-35/h4-7,9-12,16,19-20H,8,13-15H2,1-3H3,(H,31,32). The van der Waals surface area contributed by atoms with Crippen molar-refractivity contribution in [2.45, 2.75) is 25.0 Å². The second-order valence-electron chi connectivity index (χ2n) is 10.2. The van der Waals surface area contributed by atoms with Gasteiger partial charge >= 0.3 is 0 Å². The van der Waals surface area contributed by atoms with E-state index in [0.717, 1.165) is 53.1 Å². The number of H-pyrrole nitrogens is 1. The number of aromatic amines is 1. The van der Waals surface area contributed by atoms with Gasteiger partial charge in [-0.2, -0.15) is 5.10 Å². The highest BCUT2D eigenvalue weighted by atomic mass is 31.1. The molecular formula is C27H29N8OP. The van der Waals surface area contributed by atoms with Gasteiger partial charge in [-0.05, 0) is 48.8 Å². The summed E-state index contributed by atoms with van der Waals surface area (Å²) in [5.74, 6) is 1.71. The number of anilines is 1. The molecule has 0 spiro atoms. The van der Waals surface area contributed by atoms with Crippen molar-refractivity contribution in [2.75, 3.05) is 38.4 Å². The van der Waals surface area contributed by atoms with Gasteiger partial charge in [0.15, 0.2) is 5.65 Å². The van der Waals surface area contributed by atoms with Gasteiger partial charge < -0.3 is 9.64 Å². The molecule has 8 rings (SSSR count). The predicted molar refractivity (Wildman–Crippen MR) is 147 cm³/mol. The van der Waals surface area contributed by atoms with Crippen molar-refractivity contribution in [1.29, 1.82) is 0 Å². The van der Waals surface area contributed by atoms with E-state index in [2.05, 4.69) is 68.8 Å². The van der Waals surface area contributed by atoms with Crippen LogP contribution in [0.3, 0.4) is 0 Å². The zero-order valence-corrected chi connectivity index (χ0v) is 22.1. The summed E-state index contributed by atoms with van der Waals surface area (Å²) >= 11 is 0. The van der Waals surface area contributed by atoms with Crippen LogP contribution in [0.1, 0.15) is 12.0 Å². The lowest BCUT2D eigenvalue weighted by atomic mass is 9.87. The number of pyridine rings is 3. The predicted octanol–water partition coefficient (Wildman–Crippen LogP) is 3.51. The number of piperazine rings is 1. The Labute approximate surface area is 216 Å². The number of methoxy groups -OCH3 is 1. The highest BCUT2D eigenvalue weighted by molar-refractivity contribution is 7.64. The zero-order valence-electron chi connectivity index (χ0n) is 21.2. The number of ether oxygens (including phenoxy) is 1. The van der Waals surface area contributed by atoms with Crippen molar-refractivity contribution in [1.82, 2.24) is 34.7 Å². The molecule has 2 atom stereocenters. The van der Waals surface area contributed by atoms with Gasteiger partial charge in [-0.1, -0.05) is 14.0 Å². The highest BCUT2D eigenvalue weighted by Gasteiger charge is 2.44. The highest BCUT2D eigenvalue weighted by Crippen LogP contribution is 2.37. The molecule has 3 aliphatic rings. The first-order valence-electron chi connectivity index (χ1n) is 12.6. The second kappa shape index (κ2) is 8.78. The van der Waals surface area contributed by atoms with Crippen LogP contribution < -0.4 is 14.9 Å². The van der Waals surface area contributed by atoms with E-state index in [-0.39, 0.29) is 7.92 Å². The quantitative estimate of drug-likeness (QED) is 0.349. The van der Waals surface area contributed by atoms with Crippen LogP contribution in [0.5, 0.6) is 5.88 Å². The lowest BCUT2D eigenvalue weighted by molar-refractivity contribution is -0.00876. The Balaban J connectivity index is 1.12. The third-order valence-electron chi connectivity index (χ3n) is 7.73. The van der Waals surface area contributed by atoms with Crippen molar-refractivity contribution >= 4 is 35.6 Å². The van der Waals surface area contributed by atoms with Gasteiger partial charge in [0.1, 0.15) is 5.82 Å². The first-order chi connectivity index (χ1) is 18.1. The molecule has 3 saturated heterocycles. The Kier molecular flexibility index (Phi) is 5.37. The summed E-state index contributed by atoms with van der Waals surface area (Å²) in [5.41, 5.74) is 5.36. The van der Waals surface area contributed by atoms with Crippen LogP contribution in [0.2, 0.25) is 0 Å². The summed E-state index contributed by atoms with van der Waals surface area (Å²) in [4.78, 5) is 14.3. The summed E-state index contributed by atoms with van der Waals surface area (Å²) in [6.45, 7) is 7.48. The summed E-state index contributed by atoms with van der Waals surface area (Å²) in [5, 5.41) is 14.3. The van der Waals surface area contributed by atoms with E-state index in [0.29, 0.717) is 18.0 Å². The summed E-state index contributed by atoms with van der Waals surface area (Å²) < 4.78 is 7.19. The molecule has 10 heteroatoms. The molecule has 2 bridgehead atoms. The Morgan fingerprint density at radius 1 is 1.05 bits per heavy atom. The van der Waals surface area contributed by atoms with Gasteiger partial charge in [-0.15, -0.1) is 5.10 Å². The fraction of sp³-hybridized carbons (Fsp3) is 0.333. The van der Waals surface area contributed by atoms with E-state index in [1.54, 1.807) is 7.11 Å². The molecule has 1 N–H and O–H groups in total. The molecular weight excluding hydrogens is 483 g/mol. The van der Waals surface area contributed by atoms with E-state index >= 15 is 0 Å². The molecule has 2 unspecified atom stereocenters. The van der Waals surface area contributed by atoms with E-state index in [9.17, 15) is 0 Å². The third-order valence-corrected chi connectivity index (χ3v) is 9.01. The van der Waals surface area contributed by atoms with Crippen LogP contribution in [0.4, 0.5) is 5.82 Å². The molecule has 0 radical (unpaired) electrons. The second-order valence-corrected chi connectivity index (χ2v) is 12.5. The van der Waals surface area contributed by atoms with Gasteiger partial charge in [0.2, 0.25) is 5.88 Å². The SMILES string of the molecule is COc1ccc(CN2C3CC2CN(c2ccc(-c4cc(P(C)C)cn5nc6[nH]ncc6c45)cn2)C3)cn1. The zero-order chi connectivity index (χ0) is 25.1. The average Bonchev–Trinajstić information content (AvgIpc) is 3.53. The Morgan fingerprint density at radius 2 is 1.92 bits per heavy atom. The molecule has 0 saturated carbocycles. The molecule has 0 aliphatic carbocycles. The minimum absolute atomic E-state index is 0.263. The summed E-state index contributed by atoms with van der Waals surface area (Å²) in [6, 6.07) is 11.8. The van der Waals surface area contributed by atoms with Gasteiger partial charge in [0, 0.05) is 67.5 Å². The molecule has 5 aromatic rings. The molecule has 5 aromatic heterocycles. The first-order valence-corrected chi connectivity index (χ1v) is 14.8. The maximum Gasteiger partial charge on any atom is 0.212 e. The topological polar surface area (TPSA) is 87.5 Å². The van der Waals surface area contributed by atoms with Gasteiger partial charge in [-0.3, -0.25) is 10.00 Å². The van der Waals surface area contributed by atoms with Crippen LogP contribution in [-0.2, 0) is 6.54 Å². The average molecular weight is 513 g/mol. The van der Waals surface area contributed by atoms with E-state index in [1.165, 1.54) is 17.3 Å². The number of hydrogen-bond acceptors (Lipinski definition) is 7. The Hall–Kier alpha value is -3.55. The van der Waals surface area contributed by atoms with Crippen molar-refractivity contribution < 1.29 is 4.74 Å². The van der Waals surface area contributed by atoms with Gasteiger partial charge in [-0.25, -0.2) is 14.5 Å². The Morgan fingerprint density at radius 3 is 2.62 bits per heavy atom. The number of fused-ring (bicyclic) bond motifs is 5. The van der Waals surface area contributed by atoms with Crippen LogP contribution in [0.25, 0.3) is 27.7 Å². The molecule has 3 aliphatic heterocycles. The number of aromatic nitrogens is 6. The number of nitrogens with one attached hydrogen (secondary N) is 1. The normalized spacial score (nSPS) is 19.6. The van der Waals surface area contributed by atoms with Gasteiger partial charge in [0.25, 0.3) is 0 Å². The van der Waals surface area contributed by atoms with Crippen molar-refractivity contribution in [3.05, 3.63) is 60.7 Å². The smallest absolute Gasteiger partial charge is 0.212 e. The fourth-order valence-electron chi connectivity index (χ4n) is 5.72.